The molecule has 1 N–H and O–H groups in total. The SMILES string of the molecule is COc1cccc(C(O)=C2C(=O)C(=O)N(CCCN3CCOCC3)[C@H]2c2cc(OC)c(OC)c(OC)c2)c1. The largest absolute Gasteiger partial charge is 0.507 e. The van der Waals surface area contributed by atoms with Crippen LogP contribution in [0.15, 0.2) is 42.0 Å². The number of amides is 1. The van der Waals surface area contributed by atoms with Gasteiger partial charge in [-0.05, 0) is 36.2 Å². The van der Waals surface area contributed by atoms with Gasteiger partial charge in [0, 0.05) is 31.7 Å². The topological polar surface area (TPSA) is 107 Å². The minimum atomic E-state index is -0.861. The van der Waals surface area contributed by atoms with E-state index >= 15 is 0 Å². The highest BCUT2D eigenvalue weighted by Crippen LogP contribution is 2.45. The molecule has 2 saturated heterocycles. The second-order valence-corrected chi connectivity index (χ2v) is 8.99. The summed E-state index contributed by atoms with van der Waals surface area (Å²) >= 11 is 0. The van der Waals surface area contributed by atoms with Crippen LogP contribution in [0.2, 0.25) is 0 Å². The van der Waals surface area contributed by atoms with E-state index in [1.54, 1.807) is 36.4 Å². The van der Waals surface area contributed by atoms with Crippen molar-refractivity contribution in [1.29, 1.82) is 0 Å². The van der Waals surface area contributed by atoms with Crippen LogP contribution in [0, 0.1) is 0 Å². The average molecular weight is 527 g/mol. The van der Waals surface area contributed by atoms with Crippen molar-refractivity contribution in [2.45, 2.75) is 12.5 Å². The first-order valence-corrected chi connectivity index (χ1v) is 12.5. The number of morpholine rings is 1. The quantitative estimate of drug-likeness (QED) is 0.284. The second-order valence-electron chi connectivity index (χ2n) is 8.99. The molecule has 2 aliphatic heterocycles. The Morgan fingerprint density at radius 2 is 1.63 bits per heavy atom. The number of carbonyl (C=O) groups is 2. The highest BCUT2D eigenvalue weighted by molar-refractivity contribution is 6.46. The Labute approximate surface area is 222 Å². The Morgan fingerprint density at radius 1 is 0.947 bits per heavy atom. The highest BCUT2D eigenvalue weighted by Gasteiger charge is 2.46. The molecule has 204 valence electrons. The monoisotopic (exact) mass is 526 g/mol. The molecule has 0 radical (unpaired) electrons. The molecule has 2 fully saturated rings. The fourth-order valence-electron chi connectivity index (χ4n) is 4.93. The zero-order valence-corrected chi connectivity index (χ0v) is 22.2. The molecule has 10 heteroatoms. The molecule has 0 aromatic heterocycles. The van der Waals surface area contributed by atoms with E-state index in [0.29, 0.717) is 60.3 Å². The zero-order valence-electron chi connectivity index (χ0n) is 22.2. The van der Waals surface area contributed by atoms with Gasteiger partial charge in [-0.15, -0.1) is 0 Å². The van der Waals surface area contributed by atoms with Crippen LogP contribution >= 0.6 is 0 Å². The van der Waals surface area contributed by atoms with Crippen LogP contribution in [0.1, 0.15) is 23.6 Å². The van der Waals surface area contributed by atoms with Gasteiger partial charge in [0.2, 0.25) is 5.75 Å². The van der Waals surface area contributed by atoms with Crippen LogP contribution in [0.5, 0.6) is 23.0 Å². The number of aliphatic hydroxyl groups is 1. The van der Waals surface area contributed by atoms with Crippen molar-refractivity contribution in [3.05, 3.63) is 53.1 Å². The smallest absolute Gasteiger partial charge is 0.295 e. The Kier molecular flexibility index (Phi) is 8.75. The number of rotatable bonds is 10. The minimum absolute atomic E-state index is 0.0103. The Morgan fingerprint density at radius 3 is 2.24 bits per heavy atom. The second kappa shape index (κ2) is 12.2. The van der Waals surface area contributed by atoms with Crippen LogP contribution < -0.4 is 18.9 Å². The molecule has 0 unspecified atom stereocenters. The van der Waals surface area contributed by atoms with E-state index in [1.807, 2.05) is 0 Å². The standard InChI is InChI=1S/C28H34N2O8/c1-34-20-8-5-7-18(15-20)25(31)23-24(19-16-21(35-2)27(37-4)22(17-19)36-3)30(28(33)26(23)32)10-6-9-29-11-13-38-14-12-29/h5,7-8,15-17,24,31H,6,9-14H2,1-4H3/t24-/m0/s1. The Balaban J connectivity index is 1.79. The predicted molar refractivity (Wildman–Crippen MR) is 140 cm³/mol. The number of methoxy groups -OCH3 is 4. The lowest BCUT2D eigenvalue weighted by atomic mass is 9.94. The van der Waals surface area contributed by atoms with E-state index in [0.717, 1.165) is 19.6 Å². The molecule has 10 nitrogen and oxygen atoms in total. The minimum Gasteiger partial charge on any atom is -0.507 e. The Hall–Kier alpha value is -3.76. The number of ether oxygens (including phenoxy) is 5. The third-order valence-corrected chi connectivity index (χ3v) is 6.86. The number of Topliss-reactive ketones (excluding diaryl/α,β-unsaturated/α-hetero) is 1. The lowest BCUT2D eigenvalue weighted by Crippen LogP contribution is -2.39. The summed E-state index contributed by atoms with van der Waals surface area (Å²) in [5.41, 5.74) is 0.909. The summed E-state index contributed by atoms with van der Waals surface area (Å²) in [5, 5.41) is 11.4. The van der Waals surface area contributed by atoms with Crippen LogP contribution in [0.25, 0.3) is 5.76 Å². The van der Waals surface area contributed by atoms with Crippen molar-refractivity contribution < 1.29 is 38.4 Å². The fourth-order valence-corrected chi connectivity index (χ4v) is 4.93. The first-order chi connectivity index (χ1) is 18.4. The van der Waals surface area contributed by atoms with Crippen molar-refractivity contribution in [3.63, 3.8) is 0 Å². The molecular weight excluding hydrogens is 492 g/mol. The van der Waals surface area contributed by atoms with Crippen LogP contribution in [0.4, 0.5) is 0 Å². The number of hydrogen-bond acceptors (Lipinski definition) is 9. The van der Waals surface area contributed by atoms with E-state index in [-0.39, 0.29) is 11.3 Å². The predicted octanol–water partition coefficient (Wildman–Crippen LogP) is 2.87. The molecule has 38 heavy (non-hydrogen) atoms. The number of likely N-dealkylation sites (tertiary alicyclic amines) is 1. The zero-order chi connectivity index (χ0) is 27.2. The molecule has 0 aliphatic carbocycles. The van der Waals surface area contributed by atoms with Gasteiger partial charge in [0.15, 0.2) is 11.5 Å². The normalized spacial score (nSPS) is 19.5. The highest BCUT2D eigenvalue weighted by atomic mass is 16.5. The molecule has 2 heterocycles. The van der Waals surface area contributed by atoms with Gasteiger partial charge in [-0.25, -0.2) is 0 Å². The van der Waals surface area contributed by atoms with Gasteiger partial charge in [0.25, 0.3) is 11.7 Å². The van der Waals surface area contributed by atoms with E-state index in [9.17, 15) is 14.7 Å². The summed E-state index contributed by atoms with van der Waals surface area (Å²) in [6, 6.07) is 9.26. The molecule has 0 bridgehead atoms. The van der Waals surface area contributed by atoms with Crippen molar-refractivity contribution in [3.8, 4) is 23.0 Å². The lowest BCUT2D eigenvalue weighted by molar-refractivity contribution is -0.140. The molecule has 1 amide bonds. The number of carbonyl (C=O) groups excluding carboxylic acids is 2. The lowest BCUT2D eigenvalue weighted by Gasteiger charge is -2.29. The maximum absolute atomic E-state index is 13.4. The van der Waals surface area contributed by atoms with E-state index < -0.39 is 17.7 Å². The number of ketones is 1. The summed E-state index contributed by atoms with van der Waals surface area (Å²) in [5.74, 6) is -0.0551. The molecule has 1 atom stereocenters. The van der Waals surface area contributed by atoms with E-state index in [2.05, 4.69) is 4.90 Å². The molecular formula is C28H34N2O8. The first-order valence-electron chi connectivity index (χ1n) is 12.5. The summed E-state index contributed by atoms with van der Waals surface area (Å²) < 4.78 is 27.2. The van der Waals surface area contributed by atoms with Gasteiger partial charge >= 0.3 is 0 Å². The third kappa shape index (κ3) is 5.41. The van der Waals surface area contributed by atoms with Crippen molar-refractivity contribution >= 4 is 17.4 Å². The van der Waals surface area contributed by atoms with Gasteiger partial charge in [0.1, 0.15) is 11.5 Å². The summed E-state index contributed by atoms with van der Waals surface area (Å²) in [6.45, 7) is 4.07. The molecule has 2 aromatic carbocycles. The number of hydrogen-bond donors (Lipinski definition) is 1. The molecule has 2 aliphatic rings. The van der Waals surface area contributed by atoms with Crippen molar-refractivity contribution in [2.75, 3.05) is 67.8 Å². The van der Waals surface area contributed by atoms with Crippen molar-refractivity contribution in [2.24, 2.45) is 0 Å². The van der Waals surface area contributed by atoms with E-state index in [4.69, 9.17) is 23.7 Å². The number of benzene rings is 2. The average Bonchev–Trinajstić information content (AvgIpc) is 3.21. The van der Waals surface area contributed by atoms with Gasteiger partial charge in [-0.2, -0.15) is 0 Å². The summed E-state index contributed by atoms with van der Waals surface area (Å²) in [7, 11) is 6.01. The van der Waals surface area contributed by atoms with Crippen LogP contribution in [-0.2, 0) is 14.3 Å². The number of aliphatic hydroxyl groups excluding tert-OH is 1. The molecule has 2 aromatic rings. The first kappa shape index (κ1) is 27.3. The fraction of sp³-hybridized carbons (Fsp3) is 0.429. The van der Waals surface area contributed by atoms with Crippen LogP contribution in [0.3, 0.4) is 0 Å². The molecule has 4 rings (SSSR count). The maximum Gasteiger partial charge on any atom is 0.295 e. The summed E-state index contributed by atoms with van der Waals surface area (Å²) in [4.78, 5) is 30.5. The molecule has 0 saturated carbocycles. The van der Waals surface area contributed by atoms with E-state index in [1.165, 1.54) is 33.3 Å². The molecule has 0 spiro atoms. The van der Waals surface area contributed by atoms with Gasteiger partial charge < -0.3 is 33.7 Å². The third-order valence-electron chi connectivity index (χ3n) is 6.86. The van der Waals surface area contributed by atoms with Gasteiger partial charge in [-0.1, -0.05) is 12.1 Å². The van der Waals surface area contributed by atoms with Crippen molar-refractivity contribution in [1.82, 2.24) is 9.80 Å². The van der Waals surface area contributed by atoms with Gasteiger partial charge in [0.05, 0.1) is 53.3 Å². The maximum atomic E-state index is 13.4. The van der Waals surface area contributed by atoms with Gasteiger partial charge in [-0.3, -0.25) is 14.5 Å². The number of nitrogens with zero attached hydrogens (tertiary/aromatic N) is 2. The Bertz CT molecular complexity index is 1180. The summed E-state index contributed by atoms with van der Waals surface area (Å²) in [6.07, 6.45) is 0.646. The van der Waals surface area contributed by atoms with Crippen LogP contribution in [-0.4, -0.2) is 94.4 Å².